The summed E-state index contributed by atoms with van der Waals surface area (Å²) in [7, 11) is 0. The quantitative estimate of drug-likeness (QED) is 0.156. The summed E-state index contributed by atoms with van der Waals surface area (Å²) >= 11 is 1.91. The van der Waals surface area contributed by atoms with E-state index in [-0.39, 0.29) is 17.7 Å². The van der Waals surface area contributed by atoms with Gasteiger partial charge in [0.15, 0.2) is 0 Å². The molecule has 2 aliphatic heterocycles. The largest absolute Gasteiger partial charge is 0.376 e. The molecule has 0 unspecified atom stereocenters. The maximum atomic E-state index is 2.69. The fourth-order valence-corrected chi connectivity index (χ4v) is 10.5. The van der Waals surface area contributed by atoms with Crippen LogP contribution in [0.1, 0.15) is 52.7 Å². The molecule has 52 heavy (non-hydrogen) atoms. The zero-order valence-corrected chi connectivity index (χ0v) is 31.3. The van der Waals surface area contributed by atoms with Gasteiger partial charge in [-0.2, -0.15) is 0 Å². The number of nitrogens with zero attached hydrogens (tertiary/aromatic N) is 2. The van der Waals surface area contributed by atoms with Gasteiger partial charge in [0.25, 0.3) is 0 Å². The number of hydrogen-bond acceptors (Lipinski definition) is 2. The summed E-state index contributed by atoms with van der Waals surface area (Å²) in [5, 5.41) is 7.99. The van der Waals surface area contributed by atoms with Gasteiger partial charge in [-0.15, -0.1) is 11.3 Å². The highest BCUT2D eigenvalue weighted by atomic mass is 32.1. The van der Waals surface area contributed by atoms with E-state index in [0.717, 1.165) is 0 Å². The van der Waals surface area contributed by atoms with Crippen LogP contribution in [0.5, 0.6) is 0 Å². The number of aromatic nitrogens is 1. The van der Waals surface area contributed by atoms with Crippen LogP contribution in [0, 0.1) is 0 Å². The van der Waals surface area contributed by atoms with Gasteiger partial charge in [-0.25, -0.2) is 0 Å². The van der Waals surface area contributed by atoms with Gasteiger partial charge in [-0.05, 0) is 91.7 Å². The number of hydrogen-bond donors (Lipinski definition) is 0. The topological polar surface area (TPSA) is 8.17 Å². The van der Waals surface area contributed by atoms with E-state index in [9.17, 15) is 0 Å². The number of rotatable bonds is 1. The third kappa shape index (κ3) is 3.96. The maximum Gasteiger partial charge on any atom is 0.333 e. The van der Waals surface area contributed by atoms with Crippen molar-refractivity contribution in [3.8, 4) is 16.8 Å². The van der Waals surface area contributed by atoms with Crippen molar-refractivity contribution in [2.24, 2.45) is 0 Å². The third-order valence-corrected chi connectivity index (χ3v) is 13.0. The minimum atomic E-state index is -0.0176. The smallest absolute Gasteiger partial charge is 0.333 e. The molecule has 0 bridgehead atoms. The molecule has 0 aliphatic carbocycles. The number of thiophene rings is 1. The molecular weight excluding hydrogens is 647 g/mol. The van der Waals surface area contributed by atoms with Crippen LogP contribution in [0.15, 0.2) is 127 Å². The van der Waals surface area contributed by atoms with Crippen LogP contribution in [0.2, 0.25) is 0 Å². The Bertz CT molecular complexity index is 2990. The first-order valence-corrected chi connectivity index (χ1v) is 19.4. The number of fused-ring (bicyclic) bond motifs is 14. The molecule has 0 spiro atoms. The standard InChI is InChI=1S/C48H39BN2S/c1-47(2,3)28-19-22-30(23-20-28)51-40-27-42-35(31-13-10-12-18-41(31)52-42)26-36(40)43-32-14-7-8-15-33(32)44-34-16-9-11-17-38(34)50-39-24-21-29(48(4,5)6)25-37(39)49(51)45(43)46(44)50/h7-27H,1-6H3. The number of para-hydroxylation sites is 1. The van der Waals surface area contributed by atoms with E-state index >= 15 is 0 Å². The molecule has 9 aromatic rings. The van der Waals surface area contributed by atoms with Gasteiger partial charge in [0.1, 0.15) is 0 Å². The highest BCUT2D eigenvalue weighted by molar-refractivity contribution is 7.25. The molecule has 4 heteroatoms. The van der Waals surface area contributed by atoms with Crippen molar-refractivity contribution >= 4 is 93.2 Å². The van der Waals surface area contributed by atoms with Crippen LogP contribution in [0.3, 0.4) is 0 Å². The molecule has 0 N–H and O–H groups in total. The molecule has 0 radical (unpaired) electrons. The second kappa shape index (κ2) is 10.2. The average molecular weight is 687 g/mol. The van der Waals surface area contributed by atoms with Gasteiger partial charge < -0.3 is 9.38 Å². The van der Waals surface area contributed by atoms with E-state index in [2.05, 4.69) is 178 Å². The minimum Gasteiger partial charge on any atom is -0.376 e. The van der Waals surface area contributed by atoms with Gasteiger partial charge in [-0.3, -0.25) is 0 Å². The number of benzene rings is 7. The highest BCUT2D eigenvalue weighted by Gasteiger charge is 2.45. The minimum absolute atomic E-state index is 0.00456. The molecule has 0 amide bonds. The summed E-state index contributed by atoms with van der Waals surface area (Å²) in [6.07, 6.45) is 0. The Labute approximate surface area is 309 Å². The lowest BCUT2D eigenvalue weighted by Crippen LogP contribution is -2.60. The normalized spacial score (nSPS) is 13.9. The molecule has 250 valence electrons. The predicted octanol–water partition coefficient (Wildman–Crippen LogP) is 12.1. The maximum absolute atomic E-state index is 2.69. The molecule has 0 saturated carbocycles. The first-order valence-electron chi connectivity index (χ1n) is 18.6. The first kappa shape index (κ1) is 30.3. The molecule has 0 fully saturated rings. The van der Waals surface area contributed by atoms with Crippen molar-refractivity contribution in [3.05, 3.63) is 139 Å². The Balaban J connectivity index is 1.37. The highest BCUT2D eigenvalue weighted by Crippen LogP contribution is 2.51. The molecule has 2 aromatic heterocycles. The monoisotopic (exact) mass is 686 g/mol. The Morgan fingerprint density at radius 3 is 1.94 bits per heavy atom. The SMILES string of the molecule is CC(C)(C)c1ccc(N2B3c4cc(C(C)(C)C)ccc4-n4c5ccccc5c5c6ccccc6c(c3c54)-c3cc4c(cc32)sc2ccccc24)cc1. The van der Waals surface area contributed by atoms with Crippen LogP contribution in [0.4, 0.5) is 11.4 Å². The summed E-state index contributed by atoms with van der Waals surface area (Å²) in [4.78, 5) is 2.69. The lowest BCUT2D eigenvalue weighted by Gasteiger charge is -2.43. The Morgan fingerprint density at radius 1 is 0.538 bits per heavy atom. The van der Waals surface area contributed by atoms with E-state index in [0.29, 0.717) is 0 Å². The summed E-state index contributed by atoms with van der Waals surface area (Å²) in [5.74, 6) is 0. The van der Waals surface area contributed by atoms with Gasteiger partial charge in [0.2, 0.25) is 0 Å². The van der Waals surface area contributed by atoms with Crippen LogP contribution in [-0.4, -0.2) is 11.4 Å². The van der Waals surface area contributed by atoms with Crippen LogP contribution in [-0.2, 0) is 10.8 Å². The van der Waals surface area contributed by atoms with E-state index in [4.69, 9.17) is 0 Å². The second-order valence-corrected chi connectivity index (χ2v) is 18.1. The van der Waals surface area contributed by atoms with E-state index < -0.39 is 0 Å². The fourth-order valence-electron chi connectivity index (χ4n) is 9.33. The van der Waals surface area contributed by atoms with Crippen LogP contribution < -0.4 is 15.7 Å². The average Bonchev–Trinajstić information content (AvgIpc) is 3.68. The van der Waals surface area contributed by atoms with Crippen molar-refractivity contribution < 1.29 is 0 Å². The Kier molecular flexibility index (Phi) is 5.93. The summed E-state index contributed by atoms with van der Waals surface area (Å²) in [6, 6.07) is 48.9. The zero-order valence-electron chi connectivity index (χ0n) is 30.5. The van der Waals surface area contributed by atoms with Crippen LogP contribution in [0.25, 0.3) is 69.6 Å². The molecule has 7 aromatic carbocycles. The van der Waals surface area contributed by atoms with Crippen molar-refractivity contribution in [2.45, 2.75) is 52.4 Å². The van der Waals surface area contributed by atoms with Crippen LogP contribution >= 0.6 is 11.3 Å². The molecule has 4 heterocycles. The number of anilines is 2. The van der Waals surface area contributed by atoms with Crippen molar-refractivity contribution in [1.29, 1.82) is 0 Å². The van der Waals surface area contributed by atoms with Gasteiger partial charge in [-0.1, -0.05) is 126 Å². The molecule has 11 rings (SSSR count). The van der Waals surface area contributed by atoms with E-state index in [1.807, 2.05) is 11.3 Å². The predicted molar refractivity (Wildman–Crippen MR) is 228 cm³/mol. The zero-order chi connectivity index (χ0) is 35.3. The Morgan fingerprint density at radius 2 is 1.19 bits per heavy atom. The summed E-state index contributed by atoms with van der Waals surface area (Å²) in [5.41, 5.74) is 14.6. The van der Waals surface area contributed by atoms with E-state index in [1.54, 1.807) is 0 Å². The fraction of sp³-hybridized carbons (Fsp3) is 0.167. The van der Waals surface area contributed by atoms with Crippen molar-refractivity contribution in [2.75, 3.05) is 4.81 Å². The van der Waals surface area contributed by atoms with E-state index in [1.165, 1.54) is 103 Å². The van der Waals surface area contributed by atoms with Gasteiger partial charge in [0, 0.05) is 53.6 Å². The molecule has 0 saturated heterocycles. The third-order valence-electron chi connectivity index (χ3n) is 11.9. The summed E-state index contributed by atoms with van der Waals surface area (Å²) in [6.45, 7) is 13.9. The lowest BCUT2D eigenvalue weighted by atomic mass is 9.43. The molecule has 2 nitrogen and oxygen atoms in total. The Hall–Kier alpha value is -5.32. The van der Waals surface area contributed by atoms with Crippen molar-refractivity contribution in [1.82, 2.24) is 4.57 Å². The van der Waals surface area contributed by atoms with Gasteiger partial charge in [0.05, 0.1) is 11.0 Å². The molecule has 0 atom stereocenters. The first-order chi connectivity index (χ1) is 25.1. The van der Waals surface area contributed by atoms with Crippen molar-refractivity contribution in [3.63, 3.8) is 0 Å². The lowest BCUT2D eigenvalue weighted by molar-refractivity contribution is 0.590. The second-order valence-electron chi connectivity index (χ2n) is 17.0. The summed E-state index contributed by atoms with van der Waals surface area (Å²) < 4.78 is 5.26. The van der Waals surface area contributed by atoms with Gasteiger partial charge >= 0.3 is 6.85 Å². The molecule has 2 aliphatic rings. The molecular formula is C48H39BN2S.